The van der Waals surface area contributed by atoms with Crippen molar-refractivity contribution < 1.29 is 14.7 Å². The van der Waals surface area contributed by atoms with E-state index in [1.54, 1.807) is 6.08 Å². The van der Waals surface area contributed by atoms with Crippen molar-refractivity contribution in [2.45, 2.75) is 32.6 Å². The number of aliphatic carboxylic acids is 1. The molecule has 0 radical (unpaired) electrons. The molecule has 0 aliphatic heterocycles. The van der Waals surface area contributed by atoms with Gasteiger partial charge in [-0.3, -0.25) is 9.59 Å². The fraction of sp³-hybridized carbons (Fsp3) is 0.556. The number of allylic oxidation sites excluding steroid dienone is 1. The van der Waals surface area contributed by atoms with Crippen molar-refractivity contribution in [3.63, 3.8) is 0 Å². The highest BCUT2D eigenvalue weighted by Crippen LogP contribution is 2.05. The smallest absolute Gasteiger partial charge is 0.308 e. The molecular weight excluding hydrogens is 170 g/mol. The number of primary amides is 1. The number of unbranched alkanes of at least 4 members (excludes halogenated alkanes) is 2. The molecule has 74 valence electrons. The van der Waals surface area contributed by atoms with E-state index in [2.05, 4.69) is 0 Å². The van der Waals surface area contributed by atoms with Crippen LogP contribution in [0.5, 0.6) is 0 Å². The van der Waals surface area contributed by atoms with Crippen molar-refractivity contribution in [3.8, 4) is 0 Å². The largest absolute Gasteiger partial charge is 0.481 e. The molecule has 0 aliphatic carbocycles. The van der Waals surface area contributed by atoms with E-state index in [0.717, 1.165) is 12.8 Å². The predicted octanol–water partition coefficient (Wildman–Crippen LogP) is 1.06. The second-order valence-electron chi connectivity index (χ2n) is 2.81. The van der Waals surface area contributed by atoms with Gasteiger partial charge in [0.15, 0.2) is 0 Å². The Kier molecular flexibility index (Phi) is 5.59. The number of hydrogen-bond donors (Lipinski definition) is 2. The Morgan fingerprint density at radius 2 is 2.08 bits per heavy atom. The summed E-state index contributed by atoms with van der Waals surface area (Å²) in [6.07, 6.45) is 3.99. The number of carbonyl (C=O) groups excluding carboxylic acids is 1. The summed E-state index contributed by atoms with van der Waals surface area (Å²) in [5, 5.41) is 8.44. The number of hydrogen-bond acceptors (Lipinski definition) is 2. The van der Waals surface area contributed by atoms with Gasteiger partial charge in [0.25, 0.3) is 0 Å². The summed E-state index contributed by atoms with van der Waals surface area (Å²) in [6, 6.07) is 0. The molecule has 4 nitrogen and oxygen atoms in total. The van der Waals surface area contributed by atoms with Crippen LogP contribution in [0, 0.1) is 0 Å². The molecule has 0 aliphatic rings. The first-order chi connectivity index (χ1) is 6.07. The van der Waals surface area contributed by atoms with Crippen molar-refractivity contribution in [1.82, 2.24) is 0 Å². The van der Waals surface area contributed by atoms with E-state index < -0.39 is 11.9 Å². The third-order valence-electron chi connectivity index (χ3n) is 1.61. The van der Waals surface area contributed by atoms with Crippen molar-refractivity contribution in [1.29, 1.82) is 0 Å². The van der Waals surface area contributed by atoms with E-state index >= 15 is 0 Å². The number of amides is 1. The lowest BCUT2D eigenvalue weighted by molar-refractivity contribution is -0.137. The van der Waals surface area contributed by atoms with Crippen LogP contribution >= 0.6 is 0 Å². The second-order valence-corrected chi connectivity index (χ2v) is 2.81. The maximum atomic E-state index is 10.7. The van der Waals surface area contributed by atoms with Gasteiger partial charge < -0.3 is 10.8 Å². The highest BCUT2D eigenvalue weighted by Gasteiger charge is 2.08. The minimum absolute atomic E-state index is 0.195. The molecule has 0 saturated carbocycles. The molecule has 0 heterocycles. The molecule has 0 spiro atoms. The van der Waals surface area contributed by atoms with Crippen LogP contribution in [0.1, 0.15) is 32.6 Å². The molecule has 0 saturated heterocycles. The molecule has 0 unspecified atom stereocenters. The topological polar surface area (TPSA) is 80.4 Å². The number of carboxylic acid groups (broad SMARTS) is 1. The third-order valence-corrected chi connectivity index (χ3v) is 1.61. The molecule has 1 amide bonds. The quantitative estimate of drug-likeness (QED) is 0.479. The Morgan fingerprint density at radius 1 is 1.46 bits per heavy atom. The van der Waals surface area contributed by atoms with E-state index in [0.29, 0.717) is 6.42 Å². The van der Waals surface area contributed by atoms with Crippen LogP contribution in [-0.4, -0.2) is 17.0 Å². The zero-order valence-corrected chi connectivity index (χ0v) is 7.75. The van der Waals surface area contributed by atoms with E-state index in [-0.39, 0.29) is 12.0 Å². The molecule has 4 heteroatoms. The fourth-order valence-electron chi connectivity index (χ4n) is 0.903. The molecule has 0 atom stereocenters. The van der Waals surface area contributed by atoms with Gasteiger partial charge in [-0.25, -0.2) is 0 Å². The lowest BCUT2D eigenvalue weighted by Gasteiger charge is -1.98. The zero-order valence-electron chi connectivity index (χ0n) is 7.75. The Hall–Kier alpha value is -1.32. The van der Waals surface area contributed by atoms with Gasteiger partial charge in [0, 0.05) is 5.57 Å². The first-order valence-electron chi connectivity index (χ1n) is 4.28. The van der Waals surface area contributed by atoms with Crippen molar-refractivity contribution in [2.24, 2.45) is 5.73 Å². The second kappa shape index (κ2) is 6.22. The summed E-state index contributed by atoms with van der Waals surface area (Å²) in [5.41, 5.74) is 5.19. The molecule has 3 N–H and O–H groups in total. The number of rotatable bonds is 6. The fourth-order valence-corrected chi connectivity index (χ4v) is 0.903. The minimum atomic E-state index is -1.03. The molecule has 0 aromatic carbocycles. The van der Waals surface area contributed by atoms with Gasteiger partial charge in [-0.2, -0.15) is 0 Å². The summed E-state index contributed by atoms with van der Waals surface area (Å²) in [6.45, 7) is 2.02. The number of nitrogens with two attached hydrogens (primary N) is 1. The molecule has 0 aromatic rings. The molecule has 0 aromatic heterocycles. The number of carbonyl (C=O) groups is 2. The lowest BCUT2D eigenvalue weighted by atomic mass is 10.1. The van der Waals surface area contributed by atoms with E-state index in [1.165, 1.54) is 0 Å². The monoisotopic (exact) mass is 185 g/mol. The van der Waals surface area contributed by atoms with Gasteiger partial charge in [-0.15, -0.1) is 0 Å². The summed E-state index contributed by atoms with van der Waals surface area (Å²) in [7, 11) is 0. The molecule has 0 bridgehead atoms. The van der Waals surface area contributed by atoms with E-state index in [4.69, 9.17) is 10.8 Å². The maximum Gasteiger partial charge on any atom is 0.308 e. The van der Waals surface area contributed by atoms with Crippen LogP contribution < -0.4 is 5.73 Å². The van der Waals surface area contributed by atoms with Gasteiger partial charge in [-0.05, 0) is 6.42 Å². The summed E-state index contributed by atoms with van der Waals surface area (Å²) >= 11 is 0. The third kappa shape index (κ3) is 5.90. The van der Waals surface area contributed by atoms with E-state index in [9.17, 15) is 9.59 Å². The number of carboxylic acids is 1. The first kappa shape index (κ1) is 11.7. The average Bonchev–Trinajstić information content (AvgIpc) is 2.02. The summed E-state index contributed by atoms with van der Waals surface area (Å²) in [5.74, 6) is -1.67. The van der Waals surface area contributed by atoms with Gasteiger partial charge >= 0.3 is 5.97 Å². The maximum absolute atomic E-state index is 10.7. The summed E-state index contributed by atoms with van der Waals surface area (Å²) in [4.78, 5) is 21.0. The van der Waals surface area contributed by atoms with Crippen LogP contribution in [-0.2, 0) is 9.59 Å². The van der Waals surface area contributed by atoms with E-state index in [1.807, 2.05) is 6.92 Å². The van der Waals surface area contributed by atoms with Gasteiger partial charge in [0.1, 0.15) is 0 Å². The Bertz CT molecular complexity index is 221. The SMILES string of the molecule is CCCCC=C(CC(=O)O)C(N)=O. The standard InChI is InChI=1S/C9H15NO3/c1-2-3-4-5-7(9(10)13)6-8(11)12/h5H,2-4,6H2,1H3,(H2,10,13)(H,11,12). The van der Waals surface area contributed by atoms with Gasteiger partial charge in [0.2, 0.25) is 5.91 Å². The van der Waals surface area contributed by atoms with Gasteiger partial charge in [0.05, 0.1) is 6.42 Å². The molecule has 0 fully saturated rings. The lowest BCUT2D eigenvalue weighted by Crippen LogP contribution is -2.16. The first-order valence-corrected chi connectivity index (χ1v) is 4.28. The van der Waals surface area contributed by atoms with Crippen LogP contribution in [0.25, 0.3) is 0 Å². The normalized spacial score (nSPS) is 11.3. The van der Waals surface area contributed by atoms with Crippen molar-refractivity contribution in [3.05, 3.63) is 11.6 Å². The van der Waals surface area contributed by atoms with Crippen molar-refractivity contribution in [2.75, 3.05) is 0 Å². The zero-order chi connectivity index (χ0) is 10.3. The Labute approximate surface area is 77.4 Å². The van der Waals surface area contributed by atoms with Crippen LogP contribution in [0.2, 0.25) is 0 Å². The Balaban J connectivity index is 4.15. The summed E-state index contributed by atoms with van der Waals surface area (Å²) < 4.78 is 0. The Morgan fingerprint density at radius 3 is 2.46 bits per heavy atom. The highest BCUT2D eigenvalue weighted by molar-refractivity contribution is 5.96. The molecule has 0 rings (SSSR count). The van der Waals surface area contributed by atoms with Crippen LogP contribution in [0.3, 0.4) is 0 Å². The molecular formula is C9H15NO3. The van der Waals surface area contributed by atoms with Gasteiger partial charge in [-0.1, -0.05) is 25.8 Å². The van der Waals surface area contributed by atoms with Crippen LogP contribution in [0.15, 0.2) is 11.6 Å². The average molecular weight is 185 g/mol. The predicted molar refractivity (Wildman–Crippen MR) is 49.1 cm³/mol. The minimum Gasteiger partial charge on any atom is -0.481 e. The van der Waals surface area contributed by atoms with Crippen molar-refractivity contribution >= 4 is 11.9 Å². The van der Waals surface area contributed by atoms with Crippen LogP contribution in [0.4, 0.5) is 0 Å². The molecule has 13 heavy (non-hydrogen) atoms. The highest BCUT2D eigenvalue weighted by atomic mass is 16.4.